The van der Waals surface area contributed by atoms with Crippen LogP contribution in [0.5, 0.6) is 11.5 Å². The number of phenolic OH excluding ortho intramolecular Hbond substituents is 1. The Morgan fingerprint density at radius 1 is 1.56 bits per heavy atom. The van der Waals surface area contributed by atoms with E-state index in [1.165, 1.54) is 7.11 Å². The molecule has 1 aliphatic rings. The molecule has 0 aliphatic carbocycles. The lowest BCUT2D eigenvalue weighted by molar-refractivity contribution is -0.124. The number of methoxy groups -OCH3 is 1. The van der Waals surface area contributed by atoms with Crippen molar-refractivity contribution in [2.24, 2.45) is 0 Å². The summed E-state index contributed by atoms with van der Waals surface area (Å²) in [6, 6.07) is 5.09. The van der Waals surface area contributed by atoms with E-state index in [4.69, 9.17) is 4.74 Å². The molecular weight excluding hydrogens is 232 g/mol. The van der Waals surface area contributed by atoms with E-state index in [1.807, 2.05) is 6.07 Å². The van der Waals surface area contributed by atoms with Crippen LogP contribution in [0.3, 0.4) is 0 Å². The van der Waals surface area contributed by atoms with Crippen molar-refractivity contribution in [2.75, 3.05) is 13.7 Å². The quantitative estimate of drug-likeness (QED) is 0.738. The number of hydrogen-bond donors (Lipinski definition) is 3. The van der Waals surface area contributed by atoms with Gasteiger partial charge in [0, 0.05) is 13.1 Å². The SMILES string of the molecule is COc1ccc(CNC2CCCNC2=O)cc1O. The molecule has 0 aromatic heterocycles. The van der Waals surface area contributed by atoms with Gasteiger partial charge in [0.1, 0.15) is 0 Å². The topological polar surface area (TPSA) is 70.6 Å². The van der Waals surface area contributed by atoms with Crippen LogP contribution in [0.25, 0.3) is 0 Å². The minimum Gasteiger partial charge on any atom is -0.504 e. The lowest BCUT2D eigenvalue weighted by atomic mass is 10.1. The molecule has 5 heteroatoms. The second-order valence-electron chi connectivity index (χ2n) is 4.37. The summed E-state index contributed by atoms with van der Waals surface area (Å²) in [6.07, 6.45) is 1.85. The number of amides is 1. The van der Waals surface area contributed by atoms with Gasteiger partial charge in [0.15, 0.2) is 11.5 Å². The number of carbonyl (C=O) groups is 1. The largest absolute Gasteiger partial charge is 0.504 e. The fraction of sp³-hybridized carbons (Fsp3) is 0.462. The molecule has 18 heavy (non-hydrogen) atoms. The van der Waals surface area contributed by atoms with Gasteiger partial charge in [0.25, 0.3) is 0 Å². The molecule has 2 rings (SSSR count). The average molecular weight is 250 g/mol. The van der Waals surface area contributed by atoms with Crippen LogP contribution in [0.1, 0.15) is 18.4 Å². The van der Waals surface area contributed by atoms with Crippen molar-refractivity contribution in [3.8, 4) is 11.5 Å². The van der Waals surface area contributed by atoms with E-state index in [0.29, 0.717) is 12.3 Å². The van der Waals surface area contributed by atoms with Gasteiger partial charge in [0.2, 0.25) is 5.91 Å². The Hall–Kier alpha value is -1.75. The first-order valence-corrected chi connectivity index (χ1v) is 6.07. The van der Waals surface area contributed by atoms with Crippen LogP contribution in [-0.4, -0.2) is 30.7 Å². The van der Waals surface area contributed by atoms with Crippen molar-refractivity contribution in [1.82, 2.24) is 10.6 Å². The standard InChI is InChI=1S/C13H18N2O3/c1-18-12-5-4-9(7-11(12)16)8-15-10-3-2-6-14-13(10)17/h4-5,7,10,15-16H,2-3,6,8H2,1H3,(H,14,17). The van der Waals surface area contributed by atoms with Crippen LogP contribution in [0.2, 0.25) is 0 Å². The number of ether oxygens (including phenoxy) is 1. The summed E-state index contributed by atoms with van der Waals surface area (Å²) in [7, 11) is 1.51. The molecule has 1 atom stereocenters. The molecular formula is C13H18N2O3. The Bertz CT molecular complexity index is 434. The Labute approximate surface area is 106 Å². The minimum atomic E-state index is -0.136. The Balaban J connectivity index is 1.93. The van der Waals surface area contributed by atoms with Crippen LogP contribution in [-0.2, 0) is 11.3 Å². The van der Waals surface area contributed by atoms with E-state index in [1.54, 1.807) is 12.1 Å². The van der Waals surface area contributed by atoms with Gasteiger partial charge < -0.3 is 20.5 Å². The summed E-state index contributed by atoms with van der Waals surface area (Å²) in [5.41, 5.74) is 0.923. The van der Waals surface area contributed by atoms with E-state index >= 15 is 0 Å². The summed E-state index contributed by atoms with van der Waals surface area (Å²) in [6.45, 7) is 1.32. The third-order valence-electron chi connectivity index (χ3n) is 3.08. The zero-order valence-corrected chi connectivity index (χ0v) is 10.4. The zero-order valence-electron chi connectivity index (χ0n) is 10.4. The molecule has 1 aromatic carbocycles. The molecule has 5 nitrogen and oxygen atoms in total. The number of aromatic hydroxyl groups is 1. The monoisotopic (exact) mass is 250 g/mol. The molecule has 3 N–H and O–H groups in total. The maximum absolute atomic E-state index is 11.5. The first-order chi connectivity index (χ1) is 8.70. The molecule has 1 aromatic rings. The van der Waals surface area contributed by atoms with Crippen LogP contribution in [0, 0.1) is 0 Å². The highest BCUT2D eigenvalue weighted by Gasteiger charge is 2.20. The number of piperidine rings is 1. The van der Waals surface area contributed by atoms with Crippen LogP contribution < -0.4 is 15.4 Å². The van der Waals surface area contributed by atoms with Crippen LogP contribution in [0.15, 0.2) is 18.2 Å². The van der Waals surface area contributed by atoms with Crippen molar-refractivity contribution in [1.29, 1.82) is 0 Å². The maximum Gasteiger partial charge on any atom is 0.237 e. The highest BCUT2D eigenvalue weighted by Crippen LogP contribution is 2.26. The predicted molar refractivity (Wildman–Crippen MR) is 67.5 cm³/mol. The highest BCUT2D eigenvalue weighted by molar-refractivity contribution is 5.82. The maximum atomic E-state index is 11.5. The number of benzene rings is 1. The lowest BCUT2D eigenvalue weighted by Gasteiger charge is -2.22. The van der Waals surface area contributed by atoms with Gasteiger partial charge in [-0.3, -0.25) is 4.79 Å². The Kier molecular flexibility index (Phi) is 4.04. The minimum absolute atomic E-state index is 0.0546. The molecule has 1 heterocycles. The number of nitrogens with one attached hydrogen (secondary N) is 2. The normalized spacial score (nSPS) is 19.4. The molecule has 0 saturated carbocycles. The van der Waals surface area contributed by atoms with E-state index in [0.717, 1.165) is 24.9 Å². The van der Waals surface area contributed by atoms with Gasteiger partial charge in [-0.25, -0.2) is 0 Å². The van der Waals surface area contributed by atoms with Crippen molar-refractivity contribution in [3.05, 3.63) is 23.8 Å². The lowest BCUT2D eigenvalue weighted by Crippen LogP contribution is -2.47. The Morgan fingerprint density at radius 3 is 3.06 bits per heavy atom. The second-order valence-corrected chi connectivity index (χ2v) is 4.37. The summed E-state index contributed by atoms with van der Waals surface area (Å²) < 4.78 is 4.98. The second kappa shape index (κ2) is 5.73. The summed E-state index contributed by atoms with van der Waals surface area (Å²) >= 11 is 0. The van der Waals surface area contributed by atoms with E-state index < -0.39 is 0 Å². The van der Waals surface area contributed by atoms with Gasteiger partial charge in [0.05, 0.1) is 13.2 Å². The third-order valence-corrected chi connectivity index (χ3v) is 3.08. The fourth-order valence-electron chi connectivity index (χ4n) is 2.05. The number of carbonyl (C=O) groups excluding carboxylic acids is 1. The van der Waals surface area contributed by atoms with Crippen molar-refractivity contribution in [2.45, 2.75) is 25.4 Å². The van der Waals surface area contributed by atoms with Gasteiger partial charge in [-0.05, 0) is 30.5 Å². The van der Waals surface area contributed by atoms with Crippen molar-refractivity contribution in [3.63, 3.8) is 0 Å². The highest BCUT2D eigenvalue weighted by atomic mass is 16.5. The van der Waals surface area contributed by atoms with Crippen molar-refractivity contribution >= 4 is 5.91 Å². The van der Waals surface area contributed by atoms with Gasteiger partial charge >= 0.3 is 0 Å². The van der Waals surface area contributed by atoms with Crippen molar-refractivity contribution < 1.29 is 14.6 Å². The Morgan fingerprint density at radius 2 is 2.39 bits per heavy atom. The zero-order chi connectivity index (χ0) is 13.0. The van der Waals surface area contributed by atoms with Gasteiger partial charge in [-0.2, -0.15) is 0 Å². The molecule has 0 radical (unpaired) electrons. The molecule has 1 aliphatic heterocycles. The van der Waals surface area contributed by atoms with E-state index in [-0.39, 0.29) is 17.7 Å². The number of rotatable bonds is 4. The first-order valence-electron chi connectivity index (χ1n) is 6.07. The molecule has 1 unspecified atom stereocenters. The number of phenols is 1. The fourth-order valence-corrected chi connectivity index (χ4v) is 2.05. The molecule has 1 amide bonds. The molecule has 98 valence electrons. The molecule has 0 spiro atoms. The smallest absolute Gasteiger partial charge is 0.237 e. The molecule has 0 bridgehead atoms. The molecule has 1 saturated heterocycles. The number of hydrogen-bond acceptors (Lipinski definition) is 4. The van der Waals surface area contributed by atoms with Gasteiger partial charge in [-0.15, -0.1) is 0 Å². The average Bonchev–Trinajstić information content (AvgIpc) is 2.38. The van der Waals surface area contributed by atoms with Gasteiger partial charge in [-0.1, -0.05) is 6.07 Å². The third kappa shape index (κ3) is 2.92. The van der Waals surface area contributed by atoms with E-state index in [9.17, 15) is 9.90 Å². The summed E-state index contributed by atoms with van der Waals surface area (Å²) in [5.74, 6) is 0.623. The summed E-state index contributed by atoms with van der Waals surface area (Å²) in [4.78, 5) is 11.5. The first kappa shape index (κ1) is 12.7. The predicted octanol–water partition coefficient (Wildman–Crippen LogP) is 0.769. The van der Waals surface area contributed by atoms with Crippen LogP contribution in [0.4, 0.5) is 0 Å². The summed E-state index contributed by atoms with van der Waals surface area (Å²) in [5, 5.41) is 15.7. The van der Waals surface area contributed by atoms with E-state index in [2.05, 4.69) is 10.6 Å². The van der Waals surface area contributed by atoms with Crippen LogP contribution >= 0.6 is 0 Å². The molecule has 1 fully saturated rings.